The second kappa shape index (κ2) is 20.8. The quantitative estimate of drug-likeness (QED) is 0.1000. The molecule has 0 bridgehead atoms. The molecular weight excluding hydrogens is 688 g/mol. The van der Waals surface area contributed by atoms with Crippen LogP contribution in [0.5, 0.6) is 5.75 Å². The Morgan fingerprint density at radius 2 is 1.51 bits per heavy atom. The van der Waals surface area contributed by atoms with Gasteiger partial charge in [-0.25, -0.2) is 4.39 Å². The maximum absolute atomic E-state index is 16.5. The average Bonchev–Trinajstić information content (AvgIpc) is 3.20. The van der Waals surface area contributed by atoms with Gasteiger partial charge < -0.3 is 24.4 Å². The van der Waals surface area contributed by atoms with Gasteiger partial charge in [0.1, 0.15) is 18.2 Å². The van der Waals surface area contributed by atoms with E-state index in [1.807, 2.05) is 32.0 Å². The first kappa shape index (κ1) is 42.9. The molecular formula is C49H67FO5. The molecule has 2 N–H and O–H groups in total. The minimum absolute atomic E-state index is 0.0157. The smallest absolute Gasteiger partial charge is 0.162 e. The van der Waals surface area contributed by atoms with Gasteiger partial charge in [0.2, 0.25) is 0 Å². The molecule has 3 aromatic rings. The van der Waals surface area contributed by atoms with Crippen molar-refractivity contribution in [3.63, 3.8) is 0 Å². The van der Waals surface area contributed by atoms with Gasteiger partial charge in [-0.1, -0.05) is 108 Å². The molecule has 1 aliphatic carbocycles. The second-order valence-electron chi connectivity index (χ2n) is 16.7. The normalized spacial score (nSPS) is 19.1. The van der Waals surface area contributed by atoms with Crippen molar-refractivity contribution in [3.05, 3.63) is 76.6 Å². The summed E-state index contributed by atoms with van der Waals surface area (Å²) in [6.07, 6.45) is 16.2. The van der Waals surface area contributed by atoms with Crippen LogP contribution in [0.15, 0.2) is 48.5 Å². The highest BCUT2D eigenvalue weighted by atomic mass is 19.1. The van der Waals surface area contributed by atoms with Crippen LogP contribution in [0.4, 0.5) is 4.39 Å². The van der Waals surface area contributed by atoms with E-state index in [1.54, 1.807) is 6.07 Å². The van der Waals surface area contributed by atoms with Gasteiger partial charge in [-0.05, 0) is 123 Å². The minimum atomic E-state index is -0.742. The maximum atomic E-state index is 16.5. The number of benzene rings is 3. The second-order valence-corrected chi connectivity index (χ2v) is 16.7. The van der Waals surface area contributed by atoms with Crippen molar-refractivity contribution in [1.29, 1.82) is 0 Å². The van der Waals surface area contributed by atoms with Gasteiger partial charge in [0.15, 0.2) is 5.79 Å². The number of aliphatic hydroxyl groups is 2. The van der Waals surface area contributed by atoms with E-state index in [4.69, 9.17) is 14.2 Å². The van der Waals surface area contributed by atoms with Crippen LogP contribution in [0.3, 0.4) is 0 Å². The van der Waals surface area contributed by atoms with Gasteiger partial charge in [-0.15, -0.1) is 0 Å². The first-order valence-corrected chi connectivity index (χ1v) is 21.4. The standard InChI is InChI=1S/C49H67FO5/c1-6-9-11-12-14-18-44-42(8-3)45(30-41(17-15-29-51)47(44)53-33-49(32-52)34-54-48(4,5)55-35-49)43-28-27-40(31-46(43)50)39-25-23-38(24-26-39)37-21-19-36(20-22-37)16-13-10-7-2/h23-28,30-31,36-37,51-52H,6-13,15-17,19-22,29,32-35H2,1-5H3. The SMILES string of the molecule is CCCCCC#Cc1c(CC)c(-c2ccc(-c3ccc(C4CCC(CCCCC)CC4)cc3)cc2F)cc(CCCO)c1OCC1(CO)COC(C)(C)OC1. The molecule has 2 aliphatic rings. The number of ether oxygens (including phenoxy) is 3. The first-order chi connectivity index (χ1) is 26.7. The molecule has 0 atom stereocenters. The van der Waals surface area contributed by atoms with Gasteiger partial charge in [-0.3, -0.25) is 0 Å². The number of halogens is 1. The minimum Gasteiger partial charge on any atom is -0.491 e. The molecule has 2 fully saturated rings. The molecule has 0 aromatic heterocycles. The van der Waals surface area contributed by atoms with Gasteiger partial charge in [-0.2, -0.15) is 0 Å². The Kier molecular flexibility index (Phi) is 16.2. The summed E-state index contributed by atoms with van der Waals surface area (Å²) in [7, 11) is 0. The fraction of sp³-hybridized carbons (Fsp3) is 0.592. The molecule has 6 heteroatoms. The molecule has 0 unspecified atom stereocenters. The lowest BCUT2D eigenvalue weighted by atomic mass is 9.77. The zero-order chi connectivity index (χ0) is 39.3. The van der Waals surface area contributed by atoms with Gasteiger partial charge >= 0.3 is 0 Å². The van der Waals surface area contributed by atoms with Crippen LogP contribution in [-0.2, 0) is 22.3 Å². The topological polar surface area (TPSA) is 68.2 Å². The third kappa shape index (κ3) is 11.4. The van der Waals surface area contributed by atoms with Gasteiger partial charge in [0, 0.05) is 18.6 Å². The number of aliphatic hydroxyl groups excluding tert-OH is 2. The zero-order valence-corrected chi connectivity index (χ0v) is 34.4. The molecule has 3 aromatic carbocycles. The molecule has 1 saturated carbocycles. The highest BCUT2D eigenvalue weighted by Gasteiger charge is 2.41. The predicted octanol–water partition coefficient (Wildman–Crippen LogP) is 11.6. The van der Waals surface area contributed by atoms with E-state index in [0.29, 0.717) is 49.7 Å². The van der Waals surface area contributed by atoms with E-state index in [9.17, 15) is 10.2 Å². The molecule has 55 heavy (non-hydrogen) atoms. The van der Waals surface area contributed by atoms with Crippen LogP contribution in [0.25, 0.3) is 22.3 Å². The third-order valence-corrected chi connectivity index (χ3v) is 11.9. The number of hydrogen-bond donors (Lipinski definition) is 2. The molecule has 0 radical (unpaired) electrons. The van der Waals surface area contributed by atoms with Crippen LogP contribution in [0.2, 0.25) is 0 Å². The average molecular weight is 755 g/mol. The Balaban J connectivity index is 1.44. The summed E-state index contributed by atoms with van der Waals surface area (Å²) in [5.41, 5.74) is 6.40. The Morgan fingerprint density at radius 1 is 0.818 bits per heavy atom. The van der Waals surface area contributed by atoms with Crippen LogP contribution < -0.4 is 4.74 Å². The van der Waals surface area contributed by atoms with E-state index in [2.05, 4.69) is 56.9 Å². The van der Waals surface area contributed by atoms with Crippen LogP contribution >= 0.6 is 0 Å². The number of aryl methyl sites for hydroxylation is 1. The maximum Gasteiger partial charge on any atom is 0.162 e. The highest BCUT2D eigenvalue weighted by Crippen LogP contribution is 2.41. The summed E-state index contributed by atoms with van der Waals surface area (Å²) >= 11 is 0. The molecule has 1 heterocycles. The van der Waals surface area contributed by atoms with Crippen molar-refractivity contribution in [1.82, 2.24) is 0 Å². The van der Waals surface area contributed by atoms with Crippen molar-refractivity contribution >= 4 is 0 Å². The fourth-order valence-electron chi connectivity index (χ4n) is 8.24. The Labute approximate surface area is 331 Å². The summed E-state index contributed by atoms with van der Waals surface area (Å²) in [6, 6.07) is 16.4. The monoisotopic (exact) mass is 754 g/mol. The van der Waals surface area contributed by atoms with E-state index in [1.165, 1.54) is 56.9 Å². The van der Waals surface area contributed by atoms with Crippen molar-refractivity contribution in [2.45, 2.75) is 143 Å². The van der Waals surface area contributed by atoms with Crippen LogP contribution in [0.1, 0.15) is 146 Å². The summed E-state index contributed by atoms with van der Waals surface area (Å²) in [5, 5.41) is 20.4. The summed E-state index contributed by atoms with van der Waals surface area (Å²) < 4.78 is 35.0. The predicted molar refractivity (Wildman–Crippen MR) is 223 cm³/mol. The number of unbranched alkanes of at least 4 members (excludes halogenated alkanes) is 5. The summed E-state index contributed by atoms with van der Waals surface area (Å²) in [4.78, 5) is 0. The lowest BCUT2D eigenvalue weighted by Gasteiger charge is -2.42. The molecule has 300 valence electrons. The molecule has 5 nitrogen and oxygen atoms in total. The number of hydrogen-bond acceptors (Lipinski definition) is 5. The van der Waals surface area contributed by atoms with E-state index >= 15 is 4.39 Å². The fourth-order valence-corrected chi connectivity index (χ4v) is 8.24. The van der Waals surface area contributed by atoms with Crippen molar-refractivity contribution in [3.8, 4) is 39.8 Å². The lowest BCUT2D eigenvalue weighted by molar-refractivity contribution is -0.293. The Morgan fingerprint density at radius 3 is 2.15 bits per heavy atom. The van der Waals surface area contributed by atoms with Crippen molar-refractivity contribution < 1.29 is 28.8 Å². The van der Waals surface area contributed by atoms with E-state index < -0.39 is 11.2 Å². The van der Waals surface area contributed by atoms with Crippen LogP contribution in [0, 0.1) is 29.0 Å². The molecule has 0 spiro atoms. The third-order valence-electron chi connectivity index (χ3n) is 11.9. The van der Waals surface area contributed by atoms with Crippen LogP contribution in [-0.4, -0.2) is 49.0 Å². The molecule has 1 saturated heterocycles. The van der Waals surface area contributed by atoms with Gasteiger partial charge in [0.25, 0.3) is 0 Å². The molecule has 1 aliphatic heterocycles. The summed E-state index contributed by atoms with van der Waals surface area (Å²) in [5.74, 6) is 8.00. The van der Waals surface area contributed by atoms with Crippen molar-refractivity contribution in [2.24, 2.45) is 11.3 Å². The largest absolute Gasteiger partial charge is 0.491 e. The molecule has 0 amide bonds. The van der Waals surface area contributed by atoms with E-state index in [-0.39, 0.29) is 25.6 Å². The van der Waals surface area contributed by atoms with E-state index in [0.717, 1.165) is 65.0 Å². The first-order valence-electron chi connectivity index (χ1n) is 21.4. The lowest BCUT2D eigenvalue weighted by Crippen LogP contribution is -2.51. The summed E-state index contributed by atoms with van der Waals surface area (Å²) in [6.45, 7) is 10.9. The number of rotatable bonds is 18. The molecule has 5 rings (SSSR count). The Hall–Kier alpha value is -3.21. The highest BCUT2D eigenvalue weighted by molar-refractivity contribution is 5.77. The van der Waals surface area contributed by atoms with Gasteiger partial charge in [0.05, 0.1) is 30.8 Å². The Bertz CT molecular complexity index is 1700. The zero-order valence-electron chi connectivity index (χ0n) is 34.4. The van der Waals surface area contributed by atoms with Crippen molar-refractivity contribution in [2.75, 3.05) is 33.0 Å².